The second-order valence-electron chi connectivity index (χ2n) is 17.2. The number of carbonyl (C=O) groups excluding carboxylic acids is 3. The highest BCUT2D eigenvalue weighted by Crippen LogP contribution is 2.35. The van der Waals surface area contributed by atoms with Crippen LogP contribution in [-0.2, 0) is 16.6 Å². The van der Waals surface area contributed by atoms with Crippen LogP contribution < -0.4 is 25.2 Å². The van der Waals surface area contributed by atoms with Crippen LogP contribution in [0.25, 0.3) is 22.3 Å². The first-order valence-corrected chi connectivity index (χ1v) is 22.0. The number of aromatic nitrogens is 5. The van der Waals surface area contributed by atoms with Crippen molar-refractivity contribution in [3.63, 3.8) is 0 Å². The standard InChI is InChI=1S/C46H56F2N10O5/c1-5-27(2)7-6-18-63-45-35(24-49-55(45)4)39-20-29(19-28(3)50-39)43(61)54-46-51-38-10-8-31(23-40(38)52-46)58-17-16-57(25-33(58)26-59)30-12-14-56(15-13-30)32-21-36(47)42(37(48)22-32)34-9-11-41(60)53-44(34)62/h8,10,19-24,27,30,33-34,59H,5-7,9,11-18,25-26H2,1-4H3,(H,53,60,62)(H2,51,52,54,61)/t27-,33+,34+/m0/s1. The molecule has 0 spiro atoms. The van der Waals surface area contributed by atoms with Crippen molar-refractivity contribution in [1.82, 2.24) is 34.9 Å². The number of nitrogens with zero attached hydrogens (tertiary/aromatic N) is 7. The van der Waals surface area contributed by atoms with Gasteiger partial charge < -0.3 is 24.6 Å². The number of aliphatic hydroxyl groups excluding tert-OH is 1. The summed E-state index contributed by atoms with van der Waals surface area (Å²) >= 11 is 0. The molecule has 3 aliphatic rings. The lowest BCUT2D eigenvalue weighted by molar-refractivity contribution is -0.134. The van der Waals surface area contributed by atoms with Crippen molar-refractivity contribution < 1.29 is 33.0 Å². The molecule has 3 atom stereocenters. The quantitative estimate of drug-likeness (QED) is 0.0754. The number of piperazine rings is 1. The molecule has 63 heavy (non-hydrogen) atoms. The highest BCUT2D eigenvalue weighted by molar-refractivity contribution is 6.05. The van der Waals surface area contributed by atoms with Gasteiger partial charge in [-0.25, -0.2) is 18.4 Å². The van der Waals surface area contributed by atoms with Gasteiger partial charge >= 0.3 is 0 Å². The number of amides is 3. The fourth-order valence-corrected chi connectivity index (χ4v) is 9.18. The number of aromatic amines is 1. The topological polar surface area (TPSA) is 174 Å². The molecule has 3 amide bonds. The van der Waals surface area contributed by atoms with Crippen LogP contribution in [0.15, 0.2) is 48.7 Å². The third kappa shape index (κ3) is 9.54. The van der Waals surface area contributed by atoms with E-state index in [4.69, 9.17) is 9.72 Å². The number of nitrogens with one attached hydrogen (secondary N) is 3. The van der Waals surface area contributed by atoms with E-state index in [0.717, 1.165) is 49.9 Å². The van der Waals surface area contributed by atoms with Crippen LogP contribution in [0.3, 0.4) is 0 Å². The minimum Gasteiger partial charge on any atom is -0.477 e. The summed E-state index contributed by atoms with van der Waals surface area (Å²) in [4.78, 5) is 56.7. The van der Waals surface area contributed by atoms with Gasteiger partial charge in [0.15, 0.2) is 0 Å². The number of carbonyl (C=O) groups is 3. The van der Waals surface area contributed by atoms with Crippen LogP contribution in [0.4, 0.5) is 26.1 Å². The van der Waals surface area contributed by atoms with Crippen molar-refractivity contribution >= 4 is 46.1 Å². The van der Waals surface area contributed by atoms with Crippen molar-refractivity contribution in [2.45, 2.75) is 83.7 Å². The van der Waals surface area contributed by atoms with Crippen molar-refractivity contribution in [2.24, 2.45) is 13.0 Å². The minimum absolute atomic E-state index is 0.0396. The van der Waals surface area contributed by atoms with Gasteiger partial charge in [0.05, 0.1) is 53.7 Å². The van der Waals surface area contributed by atoms with Crippen LogP contribution >= 0.6 is 0 Å². The summed E-state index contributed by atoms with van der Waals surface area (Å²) in [6.45, 7) is 10.1. The molecule has 0 unspecified atom stereocenters. The molecular formula is C46H56F2N10O5. The molecule has 15 nitrogen and oxygen atoms in total. The summed E-state index contributed by atoms with van der Waals surface area (Å²) in [5.74, 6) is -2.50. The van der Waals surface area contributed by atoms with E-state index >= 15 is 8.78 Å². The van der Waals surface area contributed by atoms with Crippen LogP contribution in [0.1, 0.15) is 86.3 Å². The minimum atomic E-state index is -1.03. The fourth-order valence-electron chi connectivity index (χ4n) is 9.18. The Morgan fingerprint density at radius 1 is 1.02 bits per heavy atom. The first-order valence-electron chi connectivity index (χ1n) is 22.0. The lowest BCUT2D eigenvalue weighted by atomic mass is 9.89. The number of piperidine rings is 2. The number of anilines is 3. The summed E-state index contributed by atoms with van der Waals surface area (Å²) in [7, 11) is 1.83. The van der Waals surface area contributed by atoms with E-state index in [2.05, 4.69) is 49.3 Å². The molecule has 0 bridgehead atoms. The van der Waals surface area contributed by atoms with Crippen molar-refractivity contribution in [2.75, 3.05) is 61.1 Å². The zero-order chi connectivity index (χ0) is 44.4. The number of ether oxygens (including phenoxy) is 1. The van der Waals surface area contributed by atoms with E-state index in [1.807, 2.05) is 37.1 Å². The van der Waals surface area contributed by atoms with Gasteiger partial charge in [0, 0.05) is 80.4 Å². The van der Waals surface area contributed by atoms with Crippen LogP contribution in [-0.4, -0.2) is 110 Å². The molecule has 0 aliphatic carbocycles. The number of benzene rings is 2. The largest absolute Gasteiger partial charge is 0.477 e. The maximum Gasteiger partial charge on any atom is 0.258 e. The Balaban J connectivity index is 0.877. The molecule has 4 N–H and O–H groups in total. The Kier molecular flexibility index (Phi) is 13.0. The average Bonchev–Trinajstić information content (AvgIpc) is 3.86. The molecule has 5 aromatic rings. The number of fused-ring (bicyclic) bond motifs is 1. The van der Waals surface area contributed by atoms with Crippen LogP contribution in [0, 0.1) is 24.5 Å². The molecule has 0 saturated carbocycles. The Morgan fingerprint density at radius 2 is 1.79 bits per heavy atom. The summed E-state index contributed by atoms with van der Waals surface area (Å²) in [6, 6.07) is 12.0. The van der Waals surface area contributed by atoms with E-state index in [-0.39, 0.29) is 43.0 Å². The SMILES string of the molecule is CC[C@H](C)CCCOc1c(-c2cc(C(=O)Nc3nc4ccc(N5CCN(C6CCN(c7cc(F)c([C@H]8CCC(=O)NC8=O)c(F)c7)CC6)C[C@@H]5CO)cc4[nH]3)cc(C)n2)cnn1C. The number of imidazole rings is 1. The molecule has 2 aromatic carbocycles. The molecule has 3 saturated heterocycles. The average molecular weight is 867 g/mol. The van der Waals surface area contributed by atoms with E-state index in [1.54, 1.807) is 23.0 Å². The van der Waals surface area contributed by atoms with Gasteiger partial charge in [0.25, 0.3) is 5.91 Å². The van der Waals surface area contributed by atoms with Crippen molar-refractivity contribution in [3.8, 4) is 17.1 Å². The zero-order valence-electron chi connectivity index (χ0n) is 36.3. The van der Waals surface area contributed by atoms with Gasteiger partial charge in [0.1, 0.15) is 11.6 Å². The third-order valence-electron chi connectivity index (χ3n) is 12.9. The first kappa shape index (κ1) is 43.7. The number of pyridine rings is 1. The Bertz CT molecular complexity index is 2460. The Labute approximate surface area is 365 Å². The van der Waals surface area contributed by atoms with Gasteiger partial charge in [-0.3, -0.25) is 34.9 Å². The lowest BCUT2D eigenvalue weighted by Gasteiger charge is -2.47. The van der Waals surface area contributed by atoms with E-state index in [0.29, 0.717) is 84.3 Å². The smallest absolute Gasteiger partial charge is 0.258 e. The summed E-state index contributed by atoms with van der Waals surface area (Å²) in [6.07, 6.45) is 6.52. The van der Waals surface area contributed by atoms with Crippen LogP contribution in [0.2, 0.25) is 0 Å². The van der Waals surface area contributed by atoms with Gasteiger partial charge in [-0.2, -0.15) is 5.10 Å². The van der Waals surface area contributed by atoms with Crippen molar-refractivity contribution in [3.05, 3.63) is 77.1 Å². The van der Waals surface area contributed by atoms with Gasteiger partial charge in [-0.1, -0.05) is 20.3 Å². The predicted molar refractivity (Wildman–Crippen MR) is 236 cm³/mol. The molecule has 6 heterocycles. The molecular weight excluding hydrogens is 811 g/mol. The Hall–Kier alpha value is -5.94. The second-order valence-corrected chi connectivity index (χ2v) is 17.2. The maximum absolute atomic E-state index is 15.3. The van der Waals surface area contributed by atoms with Crippen molar-refractivity contribution in [1.29, 1.82) is 0 Å². The molecule has 3 aromatic heterocycles. The number of aryl methyl sites for hydroxylation is 2. The molecule has 0 radical (unpaired) electrons. The third-order valence-corrected chi connectivity index (χ3v) is 12.9. The molecule has 334 valence electrons. The molecule has 3 fully saturated rings. The van der Waals surface area contributed by atoms with Gasteiger partial charge in [0.2, 0.25) is 23.6 Å². The number of aliphatic hydroxyl groups is 1. The number of halogens is 2. The number of imide groups is 1. The summed E-state index contributed by atoms with van der Waals surface area (Å²) < 4.78 is 38.4. The number of rotatable bonds is 14. The highest BCUT2D eigenvalue weighted by atomic mass is 19.1. The normalized spacial score (nSPS) is 19.4. The fraction of sp³-hybridized carbons (Fsp3) is 0.478. The van der Waals surface area contributed by atoms with E-state index in [1.165, 1.54) is 12.1 Å². The predicted octanol–water partition coefficient (Wildman–Crippen LogP) is 6.07. The summed E-state index contributed by atoms with van der Waals surface area (Å²) in [5, 5.41) is 20.1. The van der Waals surface area contributed by atoms with Gasteiger partial charge in [-0.15, -0.1) is 0 Å². The zero-order valence-corrected chi connectivity index (χ0v) is 36.3. The molecule has 17 heteroatoms. The summed E-state index contributed by atoms with van der Waals surface area (Å²) in [5.41, 5.74) is 4.88. The second kappa shape index (κ2) is 18.8. The highest BCUT2D eigenvalue weighted by Gasteiger charge is 2.35. The number of H-pyrrole nitrogens is 1. The van der Waals surface area contributed by atoms with E-state index in [9.17, 15) is 19.5 Å². The molecule has 8 rings (SSSR count). The van der Waals surface area contributed by atoms with Gasteiger partial charge in [-0.05, 0) is 87.4 Å². The monoisotopic (exact) mass is 866 g/mol. The molecule has 3 aliphatic heterocycles. The lowest BCUT2D eigenvalue weighted by Crippen LogP contribution is -2.58. The van der Waals surface area contributed by atoms with Crippen LogP contribution in [0.5, 0.6) is 5.88 Å². The maximum atomic E-state index is 15.3. The number of hydrogen-bond acceptors (Lipinski definition) is 11. The number of hydrogen-bond donors (Lipinski definition) is 4. The first-order chi connectivity index (χ1) is 30.4. The Morgan fingerprint density at radius 3 is 2.52 bits per heavy atom. The van der Waals surface area contributed by atoms with E-state index < -0.39 is 29.4 Å².